The lowest BCUT2D eigenvalue weighted by molar-refractivity contribution is -0.113. The molecule has 2 aromatic carbocycles. The lowest BCUT2D eigenvalue weighted by Gasteiger charge is -2.15. The minimum atomic E-state index is -0.138. The number of thiophene rings is 1. The van der Waals surface area contributed by atoms with Gasteiger partial charge in [0.15, 0.2) is 5.16 Å². The van der Waals surface area contributed by atoms with Gasteiger partial charge in [0, 0.05) is 5.69 Å². The van der Waals surface area contributed by atoms with Crippen LogP contribution in [0.5, 0.6) is 0 Å². The molecule has 0 radical (unpaired) electrons. The number of nitrogens with one attached hydrogen (secondary N) is 1. The highest BCUT2D eigenvalue weighted by atomic mass is 32.2. The van der Waals surface area contributed by atoms with E-state index < -0.39 is 0 Å². The summed E-state index contributed by atoms with van der Waals surface area (Å²) in [5.74, 6) is 0.0165. The predicted molar refractivity (Wildman–Crippen MR) is 125 cm³/mol. The monoisotopic (exact) mass is 435 g/mol. The van der Waals surface area contributed by atoms with Crippen LogP contribution in [-0.2, 0) is 4.79 Å². The molecule has 4 rings (SSSR count). The highest BCUT2D eigenvalue weighted by Gasteiger charge is 2.17. The number of hydrogen-bond acceptors (Lipinski definition) is 5. The van der Waals surface area contributed by atoms with E-state index in [0.29, 0.717) is 15.4 Å². The van der Waals surface area contributed by atoms with Crippen LogP contribution in [0, 0.1) is 20.8 Å². The number of thioether (sulfide) groups is 1. The van der Waals surface area contributed by atoms with E-state index in [1.807, 2.05) is 74.7 Å². The number of anilines is 1. The molecule has 0 unspecified atom stereocenters. The highest BCUT2D eigenvalue weighted by molar-refractivity contribution is 7.99. The second-order valence-electron chi connectivity index (χ2n) is 7.04. The van der Waals surface area contributed by atoms with Crippen molar-refractivity contribution in [2.45, 2.75) is 25.9 Å². The first-order valence-corrected chi connectivity index (χ1v) is 11.4. The first-order valence-electron chi connectivity index (χ1n) is 9.51. The SMILES string of the molecule is Cc1ccccc1NC(=O)CSc1nc2ccsc2c(=O)n1-c1cccc(C)c1C. The largest absolute Gasteiger partial charge is 0.325 e. The molecule has 0 aliphatic heterocycles. The molecule has 0 fully saturated rings. The molecule has 152 valence electrons. The van der Waals surface area contributed by atoms with E-state index in [2.05, 4.69) is 5.32 Å². The molecule has 0 saturated carbocycles. The molecule has 4 aromatic rings. The lowest BCUT2D eigenvalue weighted by atomic mass is 10.1. The Morgan fingerprint density at radius 1 is 1.07 bits per heavy atom. The first kappa shape index (κ1) is 20.4. The van der Waals surface area contributed by atoms with E-state index in [4.69, 9.17) is 4.98 Å². The number of para-hydroxylation sites is 1. The third-order valence-electron chi connectivity index (χ3n) is 5.02. The van der Waals surface area contributed by atoms with Crippen LogP contribution in [0.1, 0.15) is 16.7 Å². The molecule has 1 amide bonds. The molecule has 2 heterocycles. The summed E-state index contributed by atoms with van der Waals surface area (Å²) in [5.41, 5.74) is 5.25. The zero-order valence-electron chi connectivity index (χ0n) is 16.9. The lowest BCUT2D eigenvalue weighted by Crippen LogP contribution is -2.23. The van der Waals surface area contributed by atoms with Gasteiger partial charge in [-0.3, -0.25) is 14.2 Å². The molecule has 0 spiro atoms. The number of aromatic nitrogens is 2. The van der Waals surface area contributed by atoms with Crippen LogP contribution in [0.3, 0.4) is 0 Å². The van der Waals surface area contributed by atoms with Crippen LogP contribution in [0.25, 0.3) is 15.9 Å². The normalized spacial score (nSPS) is 11.0. The van der Waals surface area contributed by atoms with Crippen molar-refractivity contribution in [3.05, 3.63) is 81.0 Å². The fourth-order valence-electron chi connectivity index (χ4n) is 3.21. The van der Waals surface area contributed by atoms with Crippen LogP contribution in [0.15, 0.2) is 63.9 Å². The Kier molecular flexibility index (Phi) is 5.74. The van der Waals surface area contributed by atoms with E-state index in [0.717, 1.165) is 28.1 Å². The number of carbonyl (C=O) groups excluding carboxylic acids is 1. The van der Waals surface area contributed by atoms with Gasteiger partial charge in [0.1, 0.15) is 4.70 Å². The molecule has 0 bridgehead atoms. The van der Waals surface area contributed by atoms with Gasteiger partial charge in [-0.2, -0.15) is 0 Å². The average molecular weight is 436 g/mol. The van der Waals surface area contributed by atoms with Gasteiger partial charge >= 0.3 is 0 Å². The zero-order chi connectivity index (χ0) is 21.3. The Morgan fingerprint density at radius 3 is 2.63 bits per heavy atom. The Labute approximate surface area is 182 Å². The quantitative estimate of drug-likeness (QED) is 0.350. The smallest absolute Gasteiger partial charge is 0.276 e. The van der Waals surface area contributed by atoms with Gasteiger partial charge in [0.05, 0.1) is 17.0 Å². The van der Waals surface area contributed by atoms with E-state index >= 15 is 0 Å². The van der Waals surface area contributed by atoms with E-state index in [1.54, 1.807) is 4.57 Å². The van der Waals surface area contributed by atoms with Crippen LogP contribution in [0.4, 0.5) is 5.69 Å². The van der Waals surface area contributed by atoms with Gasteiger partial charge in [-0.15, -0.1) is 11.3 Å². The van der Waals surface area contributed by atoms with Crippen molar-refractivity contribution in [2.24, 2.45) is 0 Å². The molecule has 0 aliphatic carbocycles. The van der Waals surface area contributed by atoms with Gasteiger partial charge < -0.3 is 5.32 Å². The number of aryl methyl sites for hydroxylation is 2. The summed E-state index contributed by atoms with van der Waals surface area (Å²) >= 11 is 2.65. The second-order valence-corrected chi connectivity index (χ2v) is 8.90. The van der Waals surface area contributed by atoms with Crippen LogP contribution in [0.2, 0.25) is 0 Å². The Hall–Kier alpha value is -2.90. The van der Waals surface area contributed by atoms with Gasteiger partial charge in [0.2, 0.25) is 5.91 Å². The molecular weight excluding hydrogens is 414 g/mol. The summed E-state index contributed by atoms with van der Waals surface area (Å²) in [7, 11) is 0. The summed E-state index contributed by atoms with van der Waals surface area (Å²) in [6.45, 7) is 5.96. The number of nitrogens with zero attached hydrogens (tertiary/aromatic N) is 2. The molecule has 0 atom stereocenters. The van der Waals surface area contributed by atoms with Crippen molar-refractivity contribution < 1.29 is 4.79 Å². The summed E-state index contributed by atoms with van der Waals surface area (Å²) in [5, 5.41) is 5.31. The molecule has 5 nitrogen and oxygen atoms in total. The Bertz CT molecular complexity index is 1310. The number of amides is 1. The molecule has 0 aliphatic rings. The fraction of sp³-hybridized carbons (Fsp3) is 0.174. The van der Waals surface area contributed by atoms with Crippen molar-refractivity contribution in [3.63, 3.8) is 0 Å². The Morgan fingerprint density at radius 2 is 1.83 bits per heavy atom. The highest BCUT2D eigenvalue weighted by Crippen LogP contribution is 2.26. The van der Waals surface area contributed by atoms with Gasteiger partial charge in [-0.1, -0.05) is 42.1 Å². The third-order valence-corrected chi connectivity index (χ3v) is 6.85. The van der Waals surface area contributed by atoms with Crippen molar-refractivity contribution >= 4 is 44.9 Å². The van der Waals surface area contributed by atoms with Gasteiger partial charge in [-0.25, -0.2) is 4.98 Å². The molecule has 7 heteroatoms. The summed E-state index contributed by atoms with van der Waals surface area (Å²) < 4.78 is 2.25. The Balaban J connectivity index is 1.70. The molecule has 1 N–H and O–H groups in total. The van der Waals surface area contributed by atoms with Gasteiger partial charge in [0.25, 0.3) is 5.56 Å². The topological polar surface area (TPSA) is 64.0 Å². The maximum Gasteiger partial charge on any atom is 0.276 e. The van der Waals surface area contributed by atoms with Crippen LogP contribution >= 0.6 is 23.1 Å². The summed E-state index contributed by atoms with van der Waals surface area (Å²) in [4.78, 5) is 30.5. The van der Waals surface area contributed by atoms with Crippen LogP contribution < -0.4 is 10.9 Å². The molecule has 30 heavy (non-hydrogen) atoms. The van der Waals surface area contributed by atoms with Crippen LogP contribution in [-0.4, -0.2) is 21.2 Å². The summed E-state index contributed by atoms with van der Waals surface area (Å²) in [6, 6.07) is 15.4. The van der Waals surface area contributed by atoms with E-state index in [1.165, 1.54) is 23.1 Å². The van der Waals surface area contributed by atoms with Crippen molar-refractivity contribution in [3.8, 4) is 5.69 Å². The zero-order valence-corrected chi connectivity index (χ0v) is 18.6. The number of rotatable bonds is 5. The molecular formula is C23H21N3O2S2. The number of hydrogen-bond donors (Lipinski definition) is 1. The van der Waals surface area contributed by atoms with Gasteiger partial charge in [-0.05, 0) is 61.0 Å². The van der Waals surface area contributed by atoms with E-state index in [9.17, 15) is 9.59 Å². The van der Waals surface area contributed by atoms with Crippen molar-refractivity contribution in [1.82, 2.24) is 9.55 Å². The average Bonchev–Trinajstić information content (AvgIpc) is 3.20. The minimum Gasteiger partial charge on any atom is -0.325 e. The second kappa shape index (κ2) is 8.45. The third kappa shape index (κ3) is 3.91. The number of carbonyl (C=O) groups is 1. The fourth-order valence-corrected chi connectivity index (χ4v) is 4.77. The maximum atomic E-state index is 13.3. The number of benzene rings is 2. The first-order chi connectivity index (χ1) is 14.5. The minimum absolute atomic E-state index is 0.106. The summed E-state index contributed by atoms with van der Waals surface area (Å²) in [6.07, 6.45) is 0. The predicted octanol–water partition coefficient (Wildman–Crippen LogP) is 5.10. The number of fused-ring (bicyclic) bond motifs is 1. The molecule has 2 aromatic heterocycles. The van der Waals surface area contributed by atoms with E-state index in [-0.39, 0.29) is 17.2 Å². The van der Waals surface area contributed by atoms with Crippen molar-refractivity contribution in [1.29, 1.82) is 0 Å². The maximum absolute atomic E-state index is 13.3. The standard InChI is InChI=1S/C23H21N3O2S2/c1-14-8-6-10-19(16(14)3)26-22(28)21-18(11-12-29-21)25-23(26)30-13-20(27)24-17-9-5-4-7-15(17)2/h4-12H,13H2,1-3H3,(H,24,27). The molecule has 0 saturated heterocycles. The van der Waals surface area contributed by atoms with Crippen molar-refractivity contribution in [2.75, 3.05) is 11.1 Å².